The van der Waals surface area contributed by atoms with Crippen LogP contribution in [0.15, 0.2) is 35.4 Å². The third kappa shape index (κ3) is 6.30. The number of amides is 3. The molecule has 0 spiro atoms. The average Bonchev–Trinajstić information content (AvgIpc) is 3.10. The lowest BCUT2D eigenvalue weighted by molar-refractivity contribution is 0.0951. The number of rotatable bonds is 6. The molecule has 0 unspecified atom stereocenters. The SMILES string of the molecule is Cc1cc(C)c2c(n1)SCCN2C(=O)Nc1cccc(C(=O)NCCCN2CCCCCC2)c1. The number of carbonyl (C=O) groups is 2. The maximum Gasteiger partial charge on any atom is 0.326 e. The predicted octanol–water partition coefficient (Wildman–Crippen LogP) is 4.84. The Bertz CT molecular complexity index is 1020. The lowest BCUT2D eigenvalue weighted by Crippen LogP contribution is -2.39. The lowest BCUT2D eigenvalue weighted by atomic mass is 10.2. The minimum absolute atomic E-state index is 0.109. The van der Waals surface area contributed by atoms with Crippen LogP contribution < -0.4 is 15.5 Å². The third-order valence-electron chi connectivity index (χ3n) is 6.36. The van der Waals surface area contributed by atoms with E-state index in [9.17, 15) is 9.59 Å². The van der Waals surface area contributed by atoms with E-state index in [4.69, 9.17) is 0 Å². The molecule has 0 atom stereocenters. The number of anilines is 2. The monoisotopic (exact) mass is 481 g/mol. The maximum absolute atomic E-state index is 13.1. The van der Waals surface area contributed by atoms with Crippen molar-refractivity contribution in [3.8, 4) is 0 Å². The summed E-state index contributed by atoms with van der Waals surface area (Å²) in [6, 6.07) is 8.94. The molecular weight excluding hydrogens is 446 g/mol. The second-order valence-corrected chi connectivity index (χ2v) is 10.2. The molecule has 0 radical (unpaired) electrons. The second-order valence-electron chi connectivity index (χ2n) is 9.11. The molecular formula is C26H35N5O2S. The highest BCUT2D eigenvalue weighted by Crippen LogP contribution is 2.36. The molecule has 8 heteroatoms. The number of nitrogens with zero attached hydrogens (tertiary/aromatic N) is 3. The van der Waals surface area contributed by atoms with Crippen LogP contribution in [-0.4, -0.2) is 60.3 Å². The van der Waals surface area contributed by atoms with Crippen LogP contribution in [0.3, 0.4) is 0 Å². The third-order valence-corrected chi connectivity index (χ3v) is 7.30. The van der Waals surface area contributed by atoms with Gasteiger partial charge < -0.3 is 15.5 Å². The average molecular weight is 482 g/mol. The summed E-state index contributed by atoms with van der Waals surface area (Å²) >= 11 is 1.68. The van der Waals surface area contributed by atoms with E-state index in [0.29, 0.717) is 24.3 Å². The van der Waals surface area contributed by atoms with Gasteiger partial charge in [0.1, 0.15) is 5.03 Å². The molecule has 1 aromatic heterocycles. The van der Waals surface area contributed by atoms with Crippen molar-refractivity contribution in [3.05, 3.63) is 47.2 Å². The van der Waals surface area contributed by atoms with E-state index in [1.54, 1.807) is 34.9 Å². The van der Waals surface area contributed by atoms with Crippen molar-refractivity contribution in [1.82, 2.24) is 15.2 Å². The zero-order valence-corrected chi connectivity index (χ0v) is 21.0. The van der Waals surface area contributed by atoms with Gasteiger partial charge in [-0.15, -0.1) is 11.8 Å². The van der Waals surface area contributed by atoms with Crippen LogP contribution in [0.1, 0.15) is 53.7 Å². The van der Waals surface area contributed by atoms with Gasteiger partial charge in [-0.2, -0.15) is 0 Å². The summed E-state index contributed by atoms with van der Waals surface area (Å²) in [7, 11) is 0. The topological polar surface area (TPSA) is 77.6 Å². The molecule has 0 saturated carbocycles. The highest BCUT2D eigenvalue weighted by Gasteiger charge is 2.26. The highest BCUT2D eigenvalue weighted by molar-refractivity contribution is 7.99. The Labute approximate surface area is 206 Å². The van der Waals surface area contributed by atoms with E-state index in [1.165, 1.54) is 38.8 Å². The number of thioether (sulfide) groups is 1. The van der Waals surface area contributed by atoms with Gasteiger partial charge in [-0.3, -0.25) is 9.69 Å². The van der Waals surface area contributed by atoms with Crippen molar-refractivity contribution >= 4 is 35.1 Å². The number of nitrogens with one attached hydrogen (secondary N) is 2. The zero-order chi connectivity index (χ0) is 23.9. The van der Waals surface area contributed by atoms with E-state index in [1.807, 2.05) is 26.0 Å². The van der Waals surface area contributed by atoms with Gasteiger partial charge in [-0.05, 0) is 82.6 Å². The van der Waals surface area contributed by atoms with Crippen LogP contribution >= 0.6 is 11.8 Å². The van der Waals surface area contributed by atoms with Crippen LogP contribution in [0.4, 0.5) is 16.2 Å². The first-order chi connectivity index (χ1) is 16.5. The number of aryl methyl sites for hydroxylation is 2. The summed E-state index contributed by atoms with van der Waals surface area (Å²) in [6.07, 6.45) is 6.17. The smallest absolute Gasteiger partial charge is 0.326 e. The van der Waals surface area contributed by atoms with Crippen molar-refractivity contribution in [2.75, 3.05) is 48.7 Å². The molecule has 7 nitrogen and oxygen atoms in total. The van der Waals surface area contributed by atoms with Gasteiger partial charge in [0.05, 0.1) is 5.69 Å². The van der Waals surface area contributed by atoms with E-state index in [-0.39, 0.29) is 11.9 Å². The fourth-order valence-corrected chi connectivity index (χ4v) is 5.75. The number of aromatic nitrogens is 1. The molecule has 34 heavy (non-hydrogen) atoms. The summed E-state index contributed by atoms with van der Waals surface area (Å²) in [5.41, 5.74) is 4.03. The zero-order valence-electron chi connectivity index (χ0n) is 20.2. The maximum atomic E-state index is 13.1. The minimum Gasteiger partial charge on any atom is -0.352 e. The molecule has 182 valence electrons. The Morgan fingerprint density at radius 1 is 1.06 bits per heavy atom. The fraction of sp³-hybridized carbons (Fsp3) is 0.500. The predicted molar refractivity (Wildman–Crippen MR) is 139 cm³/mol. The number of urea groups is 1. The van der Waals surface area contributed by atoms with Crippen LogP contribution in [-0.2, 0) is 0 Å². The molecule has 1 aromatic carbocycles. The van der Waals surface area contributed by atoms with Gasteiger partial charge in [0.2, 0.25) is 0 Å². The largest absolute Gasteiger partial charge is 0.352 e. The number of pyridine rings is 1. The standard InChI is InChI=1S/C26H35N5O2S/c1-19-17-20(2)28-25-23(19)31(15-16-34-25)26(33)29-22-10-7-9-21(18-22)24(32)27-11-8-14-30-12-5-3-4-6-13-30/h7,9-10,17-18H,3-6,8,11-16H2,1-2H3,(H,27,32)(H,29,33). The van der Waals surface area contributed by atoms with E-state index < -0.39 is 0 Å². The second kappa shape index (κ2) is 11.7. The van der Waals surface area contributed by atoms with Crippen LogP contribution in [0, 0.1) is 13.8 Å². The molecule has 2 aliphatic heterocycles. The van der Waals surface area contributed by atoms with Crippen LogP contribution in [0.25, 0.3) is 0 Å². The van der Waals surface area contributed by atoms with E-state index >= 15 is 0 Å². The number of fused-ring (bicyclic) bond motifs is 1. The minimum atomic E-state index is -0.203. The molecule has 1 saturated heterocycles. The van der Waals surface area contributed by atoms with Gasteiger partial charge in [-0.25, -0.2) is 9.78 Å². The highest BCUT2D eigenvalue weighted by atomic mass is 32.2. The Hall–Kier alpha value is -2.58. The summed E-state index contributed by atoms with van der Waals surface area (Å²) in [5, 5.41) is 6.89. The van der Waals surface area contributed by atoms with Crippen molar-refractivity contribution in [3.63, 3.8) is 0 Å². The lowest BCUT2D eigenvalue weighted by Gasteiger charge is -2.30. The summed E-state index contributed by atoms with van der Waals surface area (Å²) in [5.74, 6) is 0.693. The molecule has 3 heterocycles. The molecule has 1 fully saturated rings. The van der Waals surface area contributed by atoms with Gasteiger partial charge in [0.15, 0.2) is 0 Å². The molecule has 0 bridgehead atoms. The molecule has 0 aliphatic carbocycles. The van der Waals surface area contributed by atoms with Crippen molar-refractivity contribution in [2.45, 2.75) is 51.0 Å². The Balaban J connectivity index is 1.32. The molecule has 3 amide bonds. The number of hydrogen-bond donors (Lipinski definition) is 2. The van der Waals surface area contributed by atoms with Gasteiger partial charge in [0.25, 0.3) is 5.91 Å². The number of hydrogen-bond acceptors (Lipinski definition) is 5. The van der Waals surface area contributed by atoms with Crippen molar-refractivity contribution < 1.29 is 9.59 Å². The summed E-state index contributed by atoms with van der Waals surface area (Å²) < 4.78 is 0. The fourth-order valence-electron chi connectivity index (χ4n) is 4.67. The van der Waals surface area contributed by atoms with E-state index in [2.05, 4.69) is 20.5 Å². The van der Waals surface area contributed by atoms with Crippen LogP contribution in [0.2, 0.25) is 0 Å². The van der Waals surface area contributed by atoms with Crippen molar-refractivity contribution in [1.29, 1.82) is 0 Å². The van der Waals surface area contributed by atoms with Gasteiger partial charge >= 0.3 is 6.03 Å². The molecule has 2 aliphatic rings. The van der Waals surface area contributed by atoms with Gasteiger partial charge in [0, 0.05) is 35.8 Å². The van der Waals surface area contributed by atoms with Crippen molar-refractivity contribution in [2.24, 2.45) is 0 Å². The summed E-state index contributed by atoms with van der Waals surface area (Å²) in [4.78, 5) is 34.6. The Kier molecular flexibility index (Phi) is 8.45. The first-order valence-corrected chi connectivity index (χ1v) is 13.3. The first kappa shape index (κ1) is 24.5. The number of likely N-dealkylation sites (tertiary alicyclic amines) is 1. The number of benzene rings is 1. The molecule has 2 aromatic rings. The quantitative estimate of drug-likeness (QED) is 0.578. The molecule has 4 rings (SSSR count). The molecule has 2 N–H and O–H groups in total. The normalized spacial score (nSPS) is 16.5. The Morgan fingerprint density at radius 3 is 2.65 bits per heavy atom. The number of carbonyl (C=O) groups excluding carboxylic acids is 2. The van der Waals surface area contributed by atoms with Crippen LogP contribution in [0.5, 0.6) is 0 Å². The Morgan fingerprint density at radius 2 is 1.85 bits per heavy atom. The summed E-state index contributed by atoms with van der Waals surface area (Å²) in [6.45, 7) is 8.62. The first-order valence-electron chi connectivity index (χ1n) is 12.3. The van der Waals surface area contributed by atoms with Gasteiger partial charge in [-0.1, -0.05) is 18.9 Å². The van der Waals surface area contributed by atoms with E-state index in [0.717, 1.165) is 40.7 Å².